The number of fused-ring (bicyclic) bond motifs is 2. The maximum Gasteiger partial charge on any atom is 0.0597 e. The van der Waals surface area contributed by atoms with Gasteiger partial charge in [-0.2, -0.15) is 0 Å². The zero-order chi connectivity index (χ0) is 26.7. The molecule has 5 rings (SSSR count). The molecule has 206 valence electrons. The van der Waals surface area contributed by atoms with Gasteiger partial charge in [0, 0.05) is 0 Å². The van der Waals surface area contributed by atoms with Crippen LogP contribution in [0.2, 0.25) is 0 Å². The Bertz CT molecular complexity index is 887. The first-order valence-electron chi connectivity index (χ1n) is 15.8. The highest BCUT2D eigenvalue weighted by Gasteiger charge is 2.84. The van der Waals surface area contributed by atoms with Crippen LogP contribution in [0.25, 0.3) is 0 Å². The standard InChI is InChI=1S/C35H60O/c1-22(2)23(3)12-13-24(4)25-16-17-33(11)27-15-14-26-31(8,9)29(36)20-28(30(5,6)7)35(26)21-34(27,35)19-18-32(25,33)10/h22,24-29,36H,3,12-21H2,1-2,4-11H3/t24-,25?,26?,27?,28+,29?,32?,33+,34+,35?/m1/s1. The van der Waals surface area contributed by atoms with Gasteiger partial charge in [-0.15, -0.1) is 0 Å². The fourth-order valence-corrected chi connectivity index (χ4v) is 12.4. The summed E-state index contributed by atoms with van der Waals surface area (Å²) in [5.41, 5.74) is 3.76. The van der Waals surface area contributed by atoms with Crippen molar-refractivity contribution in [1.82, 2.24) is 0 Å². The summed E-state index contributed by atoms with van der Waals surface area (Å²) in [6.45, 7) is 29.4. The van der Waals surface area contributed by atoms with E-state index in [4.69, 9.17) is 0 Å². The largest absolute Gasteiger partial charge is 0.393 e. The lowest BCUT2D eigenvalue weighted by Crippen LogP contribution is -2.61. The fourth-order valence-electron chi connectivity index (χ4n) is 12.4. The van der Waals surface area contributed by atoms with Crippen LogP contribution in [0.15, 0.2) is 12.2 Å². The number of hydrogen-bond donors (Lipinski definition) is 1. The van der Waals surface area contributed by atoms with Gasteiger partial charge in [0.05, 0.1) is 6.10 Å². The van der Waals surface area contributed by atoms with Crippen molar-refractivity contribution in [2.75, 3.05) is 0 Å². The lowest BCUT2D eigenvalue weighted by molar-refractivity contribution is -0.193. The highest BCUT2D eigenvalue weighted by atomic mass is 16.3. The molecule has 0 heterocycles. The fraction of sp³-hybridized carbons (Fsp3) is 0.943. The van der Waals surface area contributed by atoms with Gasteiger partial charge >= 0.3 is 0 Å². The molecule has 0 saturated heterocycles. The second-order valence-electron chi connectivity index (χ2n) is 17.4. The average molecular weight is 497 g/mol. The Morgan fingerprint density at radius 2 is 1.56 bits per heavy atom. The molecular weight excluding hydrogens is 436 g/mol. The average Bonchev–Trinajstić information content (AvgIpc) is 3.37. The van der Waals surface area contributed by atoms with E-state index in [1.54, 1.807) is 0 Å². The third kappa shape index (κ3) is 3.29. The predicted molar refractivity (Wildman–Crippen MR) is 154 cm³/mol. The van der Waals surface area contributed by atoms with E-state index >= 15 is 0 Å². The summed E-state index contributed by atoms with van der Waals surface area (Å²) in [6.07, 6.45) is 13.4. The second kappa shape index (κ2) is 8.11. The number of aliphatic hydroxyl groups is 1. The van der Waals surface area contributed by atoms with Gasteiger partial charge in [-0.1, -0.05) is 81.4 Å². The maximum absolute atomic E-state index is 11.4. The summed E-state index contributed by atoms with van der Waals surface area (Å²) < 4.78 is 0. The zero-order valence-corrected chi connectivity index (χ0v) is 25.8. The molecule has 0 aromatic rings. The van der Waals surface area contributed by atoms with Crippen molar-refractivity contribution in [3.63, 3.8) is 0 Å². The number of hydrogen-bond acceptors (Lipinski definition) is 1. The molecule has 0 aromatic heterocycles. The normalized spacial score (nSPS) is 50.1. The minimum absolute atomic E-state index is 0.0589. The van der Waals surface area contributed by atoms with Crippen molar-refractivity contribution in [1.29, 1.82) is 0 Å². The molecule has 36 heavy (non-hydrogen) atoms. The molecule has 1 N–H and O–H groups in total. The molecule has 1 heteroatoms. The van der Waals surface area contributed by atoms with Crippen LogP contribution < -0.4 is 0 Å². The van der Waals surface area contributed by atoms with Crippen LogP contribution in [-0.4, -0.2) is 11.2 Å². The van der Waals surface area contributed by atoms with E-state index in [0.717, 1.165) is 24.2 Å². The molecule has 10 atom stereocenters. The van der Waals surface area contributed by atoms with Crippen molar-refractivity contribution in [2.24, 2.45) is 68.0 Å². The smallest absolute Gasteiger partial charge is 0.0597 e. The molecule has 2 spiro atoms. The summed E-state index contributed by atoms with van der Waals surface area (Å²) in [7, 11) is 0. The second-order valence-corrected chi connectivity index (χ2v) is 17.4. The van der Waals surface area contributed by atoms with Crippen molar-refractivity contribution < 1.29 is 5.11 Å². The number of aliphatic hydroxyl groups excluding tert-OH is 1. The van der Waals surface area contributed by atoms with Crippen LogP contribution in [0.3, 0.4) is 0 Å². The van der Waals surface area contributed by atoms with Gasteiger partial charge in [-0.25, -0.2) is 0 Å². The zero-order valence-electron chi connectivity index (χ0n) is 25.8. The van der Waals surface area contributed by atoms with Crippen molar-refractivity contribution in [2.45, 2.75) is 140 Å². The van der Waals surface area contributed by atoms with Gasteiger partial charge in [-0.3, -0.25) is 0 Å². The summed E-state index contributed by atoms with van der Waals surface area (Å²) in [4.78, 5) is 0. The maximum atomic E-state index is 11.4. The first kappa shape index (κ1) is 27.3. The van der Waals surface area contributed by atoms with Crippen LogP contribution in [0.4, 0.5) is 0 Å². The van der Waals surface area contributed by atoms with Gasteiger partial charge in [0.1, 0.15) is 0 Å². The number of allylic oxidation sites excluding steroid dienone is 1. The topological polar surface area (TPSA) is 20.2 Å². The third-order valence-electron chi connectivity index (χ3n) is 14.7. The number of rotatable bonds is 5. The molecule has 0 amide bonds. The Kier molecular flexibility index (Phi) is 6.15. The molecule has 0 aromatic carbocycles. The highest BCUT2D eigenvalue weighted by Crippen LogP contribution is 2.91. The van der Waals surface area contributed by atoms with Gasteiger partial charge < -0.3 is 5.11 Å². The van der Waals surface area contributed by atoms with Gasteiger partial charge in [0.2, 0.25) is 0 Å². The summed E-state index contributed by atoms with van der Waals surface area (Å²) in [5, 5.41) is 11.4. The monoisotopic (exact) mass is 496 g/mol. The summed E-state index contributed by atoms with van der Waals surface area (Å²) in [6, 6.07) is 0. The molecule has 5 aliphatic rings. The molecule has 1 nitrogen and oxygen atoms in total. The first-order chi connectivity index (χ1) is 16.5. The van der Waals surface area contributed by atoms with E-state index in [1.807, 2.05) is 0 Å². The predicted octanol–water partition coefficient (Wildman–Crippen LogP) is 9.69. The van der Waals surface area contributed by atoms with Crippen LogP contribution >= 0.6 is 0 Å². The van der Waals surface area contributed by atoms with Crippen LogP contribution in [0, 0.1) is 68.0 Å². The molecule has 0 aliphatic heterocycles. The molecule has 5 fully saturated rings. The summed E-state index contributed by atoms with van der Waals surface area (Å²) in [5.74, 6) is 4.53. The van der Waals surface area contributed by atoms with Crippen molar-refractivity contribution >= 4 is 0 Å². The molecular formula is C35H60O. The minimum Gasteiger partial charge on any atom is -0.393 e. The Labute approximate surface area is 224 Å². The van der Waals surface area contributed by atoms with Gasteiger partial charge in [0.25, 0.3) is 0 Å². The Hall–Kier alpha value is -0.300. The van der Waals surface area contributed by atoms with Gasteiger partial charge in [-0.05, 0) is 132 Å². The molecule has 6 unspecified atom stereocenters. The highest BCUT2D eigenvalue weighted by molar-refractivity contribution is 5.33. The Balaban J connectivity index is 1.46. The van der Waals surface area contributed by atoms with Crippen molar-refractivity contribution in [3.8, 4) is 0 Å². The first-order valence-corrected chi connectivity index (χ1v) is 15.8. The minimum atomic E-state index is -0.145. The molecule has 0 radical (unpaired) electrons. The molecule has 0 bridgehead atoms. The van der Waals surface area contributed by atoms with E-state index in [0.29, 0.717) is 39.4 Å². The molecule has 5 aliphatic carbocycles. The quantitative estimate of drug-likeness (QED) is 0.375. The van der Waals surface area contributed by atoms with E-state index in [1.165, 1.54) is 63.4 Å². The Morgan fingerprint density at radius 1 is 0.917 bits per heavy atom. The Morgan fingerprint density at radius 3 is 2.17 bits per heavy atom. The third-order valence-corrected chi connectivity index (χ3v) is 14.7. The van der Waals surface area contributed by atoms with E-state index in [-0.39, 0.29) is 16.9 Å². The van der Waals surface area contributed by atoms with Crippen molar-refractivity contribution in [3.05, 3.63) is 12.2 Å². The SMILES string of the molecule is C=C(CC[C@@H](C)C1CC[C@@]2(C)C3CCC4C(C)(C)C(O)C[C@@H](C(C)(C)C)C45C[C@@]35CCC12C)C(C)C. The lowest BCUT2D eigenvalue weighted by atomic mass is 9.39. The van der Waals surface area contributed by atoms with Crippen LogP contribution in [0.1, 0.15) is 133 Å². The van der Waals surface area contributed by atoms with E-state index < -0.39 is 0 Å². The molecule has 5 saturated carbocycles. The van der Waals surface area contributed by atoms with Crippen LogP contribution in [0.5, 0.6) is 0 Å². The van der Waals surface area contributed by atoms with Gasteiger partial charge in [0.15, 0.2) is 0 Å². The van der Waals surface area contributed by atoms with E-state index in [9.17, 15) is 5.11 Å². The van der Waals surface area contributed by atoms with Crippen LogP contribution in [-0.2, 0) is 0 Å². The van der Waals surface area contributed by atoms with E-state index in [2.05, 4.69) is 75.8 Å². The lowest BCUT2D eigenvalue weighted by Gasteiger charge is -2.66. The summed E-state index contributed by atoms with van der Waals surface area (Å²) >= 11 is 0.